The molecular weight excluding hydrogens is 456 g/mol. The molecule has 0 amide bonds. The lowest BCUT2D eigenvalue weighted by atomic mass is 9.92. The highest BCUT2D eigenvalue weighted by atomic mass is 16.6. The first kappa shape index (κ1) is 28.6. The Labute approximate surface area is 216 Å². The third kappa shape index (κ3) is 10.2. The molecule has 6 heteroatoms. The number of cyclic esters (lactones) is 1. The fraction of sp³-hybridized carbons (Fsp3) is 0.633. The van der Waals surface area contributed by atoms with E-state index in [0.717, 1.165) is 32.1 Å². The zero-order chi connectivity index (χ0) is 25.9. The summed E-state index contributed by atoms with van der Waals surface area (Å²) >= 11 is 0. The van der Waals surface area contributed by atoms with Crippen LogP contribution < -0.4 is 0 Å². The van der Waals surface area contributed by atoms with E-state index in [1.165, 1.54) is 17.2 Å². The quantitative estimate of drug-likeness (QED) is 0.414. The van der Waals surface area contributed by atoms with Gasteiger partial charge in [0.25, 0.3) is 0 Å². The summed E-state index contributed by atoms with van der Waals surface area (Å²) in [6.07, 6.45) is 16.6. The van der Waals surface area contributed by atoms with Crippen LogP contribution in [0.15, 0.2) is 60.3 Å². The summed E-state index contributed by atoms with van der Waals surface area (Å²) in [4.78, 5) is 12.6. The van der Waals surface area contributed by atoms with E-state index in [1.54, 1.807) is 12.2 Å². The van der Waals surface area contributed by atoms with E-state index in [4.69, 9.17) is 18.9 Å². The number of hydrogen-bond donors (Lipinski definition) is 1. The average Bonchev–Trinajstić information content (AvgIpc) is 2.82. The molecule has 0 aromatic heterocycles. The van der Waals surface area contributed by atoms with E-state index in [-0.39, 0.29) is 24.4 Å². The molecule has 7 atom stereocenters. The van der Waals surface area contributed by atoms with Crippen molar-refractivity contribution in [2.24, 2.45) is 5.92 Å². The zero-order valence-corrected chi connectivity index (χ0v) is 22.1. The van der Waals surface area contributed by atoms with Gasteiger partial charge in [-0.15, -0.1) is 0 Å². The van der Waals surface area contributed by atoms with Gasteiger partial charge in [0.15, 0.2) is 0 Å². The third-order valence-electron chi connectivity index (χ3n) is 6.90. The lowest BCUT2D eigenvalue weighted by molar-refractivity contribution is -0.149. The summed E-state index contributed by atoms with van der Waals surface area (Å²) in [5, 5.41) is 10.9. The van der Waals surface area contributed by atoms with Crippen molar-refractivity contribution in [3.63, 3.8) is 0 Å². The van der Waals surface area contributed by atoms with Crippen molar-refractivity contribution in [2.75, 3.05) is 13.2 Å². The van der Waals surface area contributed by atoms with Crippen LogP contribution in [0.2, 0.25) is 0 Å². The predicted octanol–water partition coefficient (Wildman–Crippen LogP) is 5.38. The zero-order valence-electron chi connectivity index (χ0n) is 22.1. The van der Waals surface area contributed by atoms with Crippen molar-refractivity contribution in [1.82, 2.24) is 0 Å². The number of fused-ring (bicyclic) bond motifs is 2. The van der Waals surface area contributed by atoms with Crippen molar-refractivity contribution in [2.45, 2.75) is 102 Å². The smallest absolute Gasteiger partial charge is 0.330 e. The largest absolute Gasteiger partial charge is 0.456 e. The van der Waals surface area contributed by atoms with Crippen LogP contribution in [0.5, 0.6) is 0 Å². The van der Waals surface area contributed by atoms with Crippen LogP contribution in [0.3, 0.4) is 0 Å². The van der Waals surface area contributed by atoms with Crippen LogP contribution in [0.4, 0.5) is 0 Å². The van der Waals surface area contributed by atoms with Crippen molar-refractivity contribution in [3.8, 4) is 0 Å². The van der Waals surface area contributed by atoms with Gasteiger partial charge in [-0.2, -0.15) is 0 Å². The van der Waals surface area contributed by atoms with Crippen LogP contribution in [0.1, 0.15) is 65.7 Å². The lowest BCUT2D eigenvalue weighted by Gasteiger charge is -2.28. The highest BCUT2D eigenvalue weighted by Gasteiger charge is 2.25. The molecule has 3 heterocycles. The number of aliphatic hydroxyl groups is 1. The van der Waals surface area contributed by atoms with Gasteiger partial charge in [-0.25, -0.2) is 4.79 Å². The van der Waals surface area contributed by atoms with Gasteiger partial charge in [-0.3, -0.25) is 0 Å². The Balaban J connectivity index is 1.67. The first-order valence-electron chi connectivity index (χ1n) is 13.4. The van der Waals surface area contributed by atoms with Gasteiger partial charge in [0.2, 0.25) is 0 Å². The van der Waals surface area contributed by atoms with E-state index >= 15 is 0 Å². The normalized spacial score (nSPS) is 35.4. The van der Waals surface area contributed by atoms with Gasteiger partial charge in [-0.05, 0) is 58.3 Å². The van der Waals surface area contributed by atoms with Crippen LogP contribution in [0, 0.1) is 5.92 Å². The number of hydrogen-bond acceptors (Lipinski definition) is 6. The average molecular weight is 501 g/mol. The molecule has 0 fully saturated rings. The Kier molecular flexibility index (Phi) is 11.6. The van der Waals surface area contributed by atoms with Crippen LogP contribution >= 0.6 is 0 Å². The minimum Gasteiger partial charge on any atom is -0.456 e. The monoisotopic (exact) mass is 500 g/mol. The molecule has 2 bridgehead atoms. The molecule has 0 aliphatic carbocycles. The maximum Gasteiger partial charge on any atom is 0.330 e. The topological polar surface area (TPSA) is 74.2 Å². The van der Waals surface area contributed by atoms with Crippen molar-refractivity contribution < 1.29 is 28.8 Å². The first-order valence-corrected chi connectivity index (χ1v) is 13.4. The number of carbonyl (C=O) groups is 1. The van der Waals surface area contributed by atoms with Crippen molar-refractivity contribution in [3.05, 3.63) is 60.3 Å². The van der Waals surface area contributed by atoms with Crippen molar-refractivity contribution in [1.29, 1.82) is 0 Å². The number of carbonyl (C=O) groups excluding carboxylic acids is 1. The van der Waals surface area contributed by atoms with Gasteiger partial charge in [0, 0.05) is 12.5 Å². The summed E-state index contributed by atoms with van der Waals surface area (Å²) in [6.45, 7) is 11.6. The van der Waals surface area contributed by atoms with Gasteiger partial charge in [0.05, 0.1) is 37.6 Å². The molecule has 1 N–H and O–H groups in total. The fourth-order valence-corrected chi connectivity index (χ4v) is 4.95. The summed E-state index contributed by atoms with van der Waals surface area (Å²) in [5.74, 6) is 0.00186. The molecule has 0 unspecified atom stereocenters. The molecule has 3 rings (SSSR count). The molecule has 0 aromatic carbocycles. The standard InChI is InChI=1S/C30H44O6/c1-21-13-15-33-24(4)20-29(28(31)12-11-26-18-22(2)14-16-34-26)36-30(32)10-6-8-25-7-5-9-27(35-25)19-23(3)17-21/h5-7,10-12,14,23-29,31H,1,8-9,13,15-20H2,2-4H3/b10-6-,12-11+/t23-,24-,25-,26+,27-,28-,29-/m0/s1. The Morgan fingerprint density at radius 1 is 1.14 bits per heavy atom. The molecule has 0 aromatic rings. The van der Waals surface area contributed by atoms with Crippen LogP contribution in [0.25, 0.3) is 0 Å². The molecule has 6 nitrogen and oxygen atoms in total. The summed E-state index contributed by atoms with van der Waals surface area (Å²) in [7, 11) is 0. The molecule has 36 heavy (non-hydrogen) atoms. The van der Waals surface area contributed by atoms with Crippen LogP contribution in [-0.2, 0) is 23.7 Å². The maximum atomic E-state index is 12.6. The molecule has 3 aliphatic heterocycles. The highest BCUT2D eigenvalue weighted by molar-refractivity contribution is 5.82. The summed E-state index contributed by atoms with van der Waals surface area (Å²) < 4.78 is 23.7. The molecule has 0 radical (unpaired) electrons. The number of aliphatic hydroxyl groups excluding tert-OH is 1. The highest BCUT2D eigenvalue weighted by Crippen LogP contribution is 2.25. The SMILES string of the molecule is C=C1CCO[C@@H](C)C[C@@H]([C@@H](O)/C=C/[C@@H]2CC(C)=CCO2)OC(=O)/C=C\C[C@@H]2C=CC[C@@H](C[C@@H](C)C1)O2. The second kappa shape index (κ2) is 14.7. The van der Waals surface area contributed by atoms with Gasteiger partial charge < -0.3 is 24.1 Å². The van der Waals surface area contributed by atoms with Crippen molar-refractivity contribution >= 4 is 5.97 Å². The van der Waals surface area contributed by atoms with E-state index in [1.807, 2.05) is 13.0 Å². The Bertz CT molecular complexity index is 840. The minimum absolute atomic E-state index is 0.0483. The molecular formula is C30H44O6. The van der Waals surface area contributed by atoms with E-state index in [0.29, 0.717) is 32.0 Å². The molecule has 3 aliphatic rings. The molecule has 0 saturated carbocycles. The second-order valence-corrected chi connectivity index (χ2v) is 10.5. The Hall–Kier alpha value is -1.99. The summed E-state index contributed by atoms with van der Waals surface area (Å²) in [6, 6.07) is 0. The molecule has 200 valence electrons. The second-order valence-electron chi connectivity index (χ2n) is 10.5. The number of ether oxygens (including phenoxy) is 4. The summed E-state index contributed by atoms with van der Waals surface area (Å²) in [5.41, 5.74) is 2.43. The Morgan fingerprint density at radius 3 is 2.78 bits per heavy atom. The number of esters is 1. The van der Waals surface area contributed by atoms with E-state index in [2.05, 4.69) is 38.7 Å². The number of rotatable bonds is 3. The predicted molar refractivity (Wildman–Crippen MR) is 142 cm³/mol. The fourth-order valence-electron chi connectivity index (χ4n) is 4.95. The Morgan fingerprint density at radius 2 is 1.97 bits per heavy atom. The molecule has 0 saturated heterocycles. The van der Waals surface area contributed by atoms with E-state index < -0.39 is 18.2 Å². The van der Waals surface area contributed by atoms with Gasteiger partial charge >= 0.3 is 5.97 Å². The maximum absolute atomic E-state index is 12.6. The molecule has 0 spiro atoms. The minimum atomic E-state index is -0.963. The first-order chi connectivity index (χ1) is 17.3. The third-order valence-corrected chi connectivity index (χ3v) is 6.90. The van der Waals surface area contributed by atoms with Gasteiger partial charge in [0.1, 0.15) is 12.2 Å². The van der Waals surface area contributed by atoms with Gasteiger partial charge in [-0.1, -0.05) is 61.1 Å². The lowest BCUT2D eigenvalue weighted by Crippen LogP contribution is -2.33. The van der Waals surface area contributed by atoms with E-state index in [9.17, 15) is 9.90 Å². The van der Waals surface area contributed by atoms with Crippen LogP contribution in [-0.4, -0.2) is 60.9 Å².